The predicted octanol–water partition coefficient (Wildman–Crippen LogP) is 4.58. The van der Waals surface area contributed by atoms with Crippen molar-refractivity contribution in [3.8, 4) is 17.6 Å². The van der Waals surface area contributed by atoms with E-state index in [0.717, 1.165) is 5.56 Å². The Morgan fingerprint density at radius 1 is 1.24 bits per heavy atom. The first kappa shape index (κ1) is 29.7. The van der Waals surface area contributed by atoms with Gasteiger partial charge in [0.05, 0.1) is 35.0 Å². The number of nitriles is 1. The first-order valence-corrected chi connectivity index (χ1v) is 13.4. The van der Waals surface area contributed by atoms with Gasteiger partial charge in [-0.05, 0) is 70.4 Å². The number of hydrogen-bond acceptors (Lipinski definition) is 7. The summed E-state index contributed by atoms with van der Waals surface area (Å²) in [6.45, 7) is 5.58. The molecule has 1 saturated heterocycles. The molecule has 1 aliphatic rings. The van der Waals surface area contributed by atoms with E-state index >= 15 is 0 Å². The van der Waals surface area contributed by atoms with Crippen LogP contribution in [0.4, 0.5) is 4.39 Å². The molecule has 1 fully saturated rings. The summed E-state index contributed by atoms with van der Waals surface area (Å²) in [6.07, 6.45) is 1.08. The van der Waals surface area contributed by atoms with E-state index in [9.17, 15) is 24.0 Å². The highest BCUT2D eigenvalue weighted by atomic mass is 35.5. The van der Waals surface area contributed by atoms with Crippen molar-refractivity contribution in [2.24, 2.45) is 5.41 Å². The molecule has 0 saturated carbocycles. The maximum atomic E-state index is 14.4. The second-order valence-corrected chi connectivity index (χ2v) is 10.9. The van der Waals surface area contributed by atoms with Gasteiger partial charge in [0.25, 0.3) is 5.91 Å². The fraction of sp³-hybridized carbons (Fsp3) is 0.379. The van der Waals surface area contributed by atoms with Gasteiger partial charge in [0.2, 0.25) is 5.91 Å². The summed E-state index contributed by atoms with van der Waals surface area (Å²) in [7, 11) is 0. The van der Waals surface area contributed by atoms with Crippen LogP contribution in [0.3, 0.4) is 0 Å². The number of halogens is 2. The number of carbonyl (C=O) groups is 2. The summed E-state index contributed by atoms with van der Waals surface area (Å²) in [4.78, 5) is 44.7. The minimum absolute atomic E-state index is 0.0115. The third-order valence-corrected chi connectivity index (χ3v) is 7.37. The van der Waals surface area contributed by atoms with Crippen LogP contribution < -0.4 is 15.6 Å². The van der Waals surface area contributed by atoms with Crippen molar-refractivity contribution in [1.29, 1.82) is 5.26 Å². The number of alkyl halides is 1. The van der Waals surface area contributed by atoms with Crippen molar-refractivity contribution in [3.63, 3.8) is 0 Å². The zero-order valence-electron chi connectivity index (χ0n) is 23.1. The van der Waals surface area contributed by atoms with E-state index < -0.39 is 47.6 Å². The zero-order chi connectivity index (χ0) is 29.9. The number of aromatic amines is 1. The molecular weight excluding hydrogens is 551 g/mol. The molecule has 0 aliphatic carbocycles. The number of amides is 2. The van der Waals surface area contributed by atoms with Gasteiger partial charge in [-0.3, -0.25) is 14.4 Å². The van der Waals surface area contributed by atoms with Crippen LogP contribution in [0, 0.1) is 30.6 Å². The number of benzene rings is 1. The molecule has 4 rings (SSSR count). The highest BCUT2D eigenvalue weighted by molar-refractivity contribution is 6.30. The summed E-state index contributed by atoms with van der Waals surface area (Å²) in [5, 5.41) is 18.9. The van der Waals surface area contributed by atoms with E-state index in [1.165, 1.54) is 23.1 Å². The van der Waals surface area contributed by atoms with E-state index in [1.54, 1.807) is 45.9 Å². The predicted molar refractivity (Wildman–Crippen MR) is 149 cm³/mol. The molecule has 0 spiro atoms. The lowest BCUT2D eigenvalue weighted by Gasteiger charge is -2.38. The summed E-state index contributed by atoms with van der Waals surface area (Å²) >= 11 is 6.21. The molecule has 0 radical (unpaired) electrons. The Morgan fingerprint density at radius 2 is 2.00 bits per heavy atom. The number of H-pyrrole nitrogens is 1. The van der Waals surface area contributed by atoms with Gasteiger partial charge in [-0.2, -0.15) is 10.4 Å². The SMILES string of the molecule is Cc1cc(Oc2ccc(C(=O)NC(CF)C(=O)N3[C@H](c4cccc(Cl)c4)CC[C@@H]3C(C)(C)C#N)nc2C)c(=O)[nH]n1. The third kappa shape index (κ3) is 6.38. The maximum Gasteiger partial charge on any atom is 0.307 e. The molecule has 0 bridgehead atoms. The summed E-state index contributed by atoms with van der Waals surface area (Å²) in [6, 6.07) is 11.1. The van der Waals surface area contributed by atoms with Crippen molar-refractivity contribution >= 4 is 23.4 Å². The highest BCUT2D eigenvalue weighted by Crippen LogP contribution is 2.43. The summed E-state index contributed by atoms with van der Waals surface area (Å²) in [5.74, 6) is -1.15. The molecular formula is C29H30ClFN6O4. The molecule has 3 heterocycles. The van der Waals surface area contributed by atoms with Gasteiger partial charge < -0.3 is 15.0 Å². The number of nitrogens with one attached hydrogen (secondary N) is 2. The largest absolute Gasteiger partial charge is 0.450 e. The van der Waals surface area contributed by atoms with Crippen molar-refractivity contribution < 1.29 is 18.7 Å². The lowest BCUT2D eigenvalue weighted by Crippen LogP contribution is -2.54. The molecule has 3 aromatic rings. The first-order valence-electron chi connectivity index (χ1n) is 13.0. The van der Waals surface area contributed by atoms with Gasteiger partial charge in [0, 0.05) is 11.1 Å². The van der Waals surface area contributed by atoms with Crippen molar-refractivity contribution in [2.75, 3.05) is 6.67 Å². The fourth-order valence-electron chi connectivity index (χ4n) is 4.98. The summed E-state index contributed by atoms with van der Waals surface area (Å²) in [5.41, 5.74) is 0.0872. The Balaban J connectivity index is 1.57. The van der Waals surface area contributed by atoms with E-state index in [0.29, 0.717) is 29.3 Å². The van der Waals surface area contributed by atoms with Gasteiger partial charge in [-0.1, -0.05) is 23.7 Å². The van der Waals surface area contributed by atoms with Crippen LogP contribution in [0.15, 0.2) is 47.3 Å². The van der Waals surface area contributed by atoms with Crippen LogP contribution in [-0.4, -0.2) is 50.7 Å². The lowest BCUT2D eigenvalue weighted by atomic mass is 9.84. The minimum Gasteiger partial charge on any atom is -0.450 e. The van der Waals surface area contributed by atoms with Gasteiger partial charge in [-0.15, -0.1) is 0 Å². The van der Waals surface area contributed by atoms with Crippen LogP contribution in [0.1, 0.15) is 60.2 Å². The van der Waals surface area contributed by atoms with Gasteiger partial charge >= 0.3 is 5.56 Å². The Bertz CT molecular complexity index is 1570. The normalized spacial score (nSPS) is 17.5. The van der Waals surface area contributed by atoms with Crippen molar-refractivity contribution in [2.45, 2.75) is 58.7 Å². The molecule has 10 nitrogen and oxygen atoms in total. The number of aromatic nitrogens is 3. The second-order valence-electron chi connectivity index (χ2n) is 10.5. The molecule has 41 heavy (non-hydrogen) atoms. The zero-order valence-corrected chi connectivity index (χ0v) is 23.8. The van der Waals surface area contributed by atoms with Crippen LogP contribution in [0.25, 0.3) is 0 Å². The number of carbonyl (C=O) groups excluding carboxylic acids is 2. The average Bonchev–Trinajstić information content (AvgIpc) is 3.40. The molecule has 12 heteroatoms. The highest BCUT2D eigenvalue weighted by Gasteiger charge is 2.47. The molecule has 1 unspecified atom stereocenters. The molecule has 2 amide bonds. The Kier molecular flexibility index (Phi) is 8.73. The Hall–Kier alpha value is -4.30. The molecule has 1 aromatic carbocycles. The molecule has 214 valence electrons. The summed E-state index contributed by atoms with van der Waals surface area (Å²) < 4.78 is 20.0. The fourth-order valence-corrected chi connectivity index (χ4v) is 5.18. The third-order valence-electron chi connectivity index (χ3n) is 7.14. The van der Waals surface area contributed by atoms with E-state index in [2.05, 4.69) is 26.6 Å². The number of ether oxygens (including phenoxy) is 1. The van der Waals surface area contributed by atoms with Crippen molar-refractivity contribution in [1.82, 2.24) is 25.4 Å². The average molecular weight is 581 g/mol. The van der Waals surface area contributed by atoms with Gasteiger partial charge in [-0.25, -0.2) is 14.5 Å². The van der Waals surface area contributed by atoms with Gasteiger partial charge in [0.1, 0.15) is 24.2 Å². The van der Waals surface area contributed by atoms with Crippen molar-refractivity contribution in [3.05, 3.63) is 80.5 Å². The van der Waals surface area contributed by atoms with E-state index in [-0.39, 0.29) is 17.2 Å². The number of hydrogen-bond donors (Lipinski definition) is 2. The smallest absolute Gasteiger partial charge is 0.307 e. The number of likely N-dealkylation sites (tertiary alicyclic amines) is 1. The van der Waals surface area contributed by atoms with Crippen LogP contribution in [0.5, 0.6) is 11.5 Å². The Morgan fingerprint density at radius 3 is 2.66 bits per heavy atom. The number of nitrogens with zero attached hydrogens (tertiary/aromatic N) is 4. The number of aryl methyl sites for hydroxylation is 2. The minimum atomic E-state index is -1.50. The Labute approximate surface area is 241 Å². The monoisotopic (exact) mass is 580 g/mol. The van der Waals surface area contributed by atoms with Crippen LogP contribution >= 0.6 is 11.6 Å². The lowest BCUT2D eigenvalue weighted by molar-refractivity contribution is -0.138. The molecule has 2 N–H and O–H groups in total. The topological polar surface area (TPSA) is 141 Å². The molecule has 1 aliphatic heterocycles. The standard InChI is InChI=1S/C29H30ClFN6O4/c1-16-12-24(27(39)36-35-16)41-23-10-8-20(33-17(23)2)26(38)34-21(14-31)28(40)37-22(18-6-5-7-19(30)13-18)9-11-25(37)29(3,4)15-32/h5-8,10,12-13,21-22,25H,9,11,14H2,1-4H3,(H,34,38)(H,36,39)/t21?,22-,25+/m0/s1. The van der Waals surface area contributed by atoms with Crippen LogP contribution in [0.2, 0.25) is 5.02 Å². The first-order chi connectivity index (χ1) is 19.4. The second kappa shape index (κ2) is 12.1. The van der Waals surface area contributed by atoms with E-state index in [1.807, 2.05) is 6.07 Å². The quantitative estimate of drug-likeness (QED) is 0.397. The van der Waals surface area contributed by atoms with E-state index in [4.69, 9.17) is 16.3 Å². The molecule has 3 atom stereocenters. The number of pyridine rings is 1. The molecule has 2 aromatic heterocycles. The number of rotatable bonds is 8. The maximum absolute atomic E-state index is 14.4. The van der Waals surface area contributed by atoms with Gasteiger partial charge in [0.15, 0.2) is 5.75 Å². The van der Waals surface area contributed by atoms with Crippen LogP contribution in [-0.2, 0) is 4.79 Å².